The number of amides is 3. The zero-order chi connectivity index (χ0) is 30.1. The standard InChI is InChI=1S/C34H29N3O5S2/c1-17-10-12-20(13-11-17)37-32(39)27-22-15-23(28(27)33(37)40)29-26(22)25(30-31(43-29)36-34(41)44-30)18-6-5-9-21(14-18)42-16-24(38)35-19-7-3-2-4-8-19/h2-14,22-23,25-29H,15-16H2,1H3,(H,35,38)(H,36,41)/t22-,23-,25+,26-,27+,28+,29-/m1/s1. The first kappa shape index (κ1) is 27.4. The first-order valence-electron chi connectivity index (χ1n) is 14.8. The number of anilines is 2. The molecule has 3 amide bonds. The second-order valence-corrected chi connectivity index (χ2v) is 14.3. The molecule has 4 aliphatic rings. The van der Waals surface area contributed by atoms with Gasteiger partial charge in [-0.05, 0) is 73.1 Å². The zero-order valence-corrected chi connectivity index (χ0v) is 25.4. The summed E-state index contributed by atoms with van der Waals surface area (Å²) in [5.41, 5.74) is 3.39. The smallest absolute Gasteiger partial charge is 0.305 e. The van der Waals surface area contributed by atoms with Crippen LogP contribution in [0.5, 0.6) is 5.75 Å². The van der Waals surface area contributed by atoms with Crippen molar-refractivity contribution >= 4 is 52.2 Å². The SMILES string of the molecule is Cc1ccc(N2C(=O)[C@H]3[C@H]4C[C@@H]([C@@H]3C2=O)[C@@H]2[C@H](c3cccc(OCC(=O)Nc5ccccc5)c3)c3sc(=O)[nH]c3S[C@H]42)cc1. The summed E-state index contributed by atoms with van der Waals surface area (Å²) >= 11 is 2.89. The molecule has 3 aromatic carbocycles. The van der Waals surface area contributed by atoms with E-state index in [1.54, 1.807) is 11.8 Å². The number of H-pyrrole nitrogens is 1. The number of para-hydroxylation sites is 1. The van der Waals surface area contributed by atoms with Gasteiger partial charge < -0.3 is 15.0 Å². The van der Waals surface area contributed by atoms with E-state index >= 15 is 0 Å². The first-order valence-corrected chi connectivity index (χ1v) is 16.5. The zero-order valence-electron chi connectivity index (χ0n) is 23.8. The summed E-state index contributed by atoms with van der Waals surface area (Å²) in [6.07, 6.45) is 0.822. The van der Waals surface area contributed by atoms with Gasteiger partial charge in [0.25, 0.3) is 5.91 Å². The number of thioether (sulfide) groups is 1. The molecule has 1 saturated heterocycles. The van der Waals surface area contributed by atoms with Gasteiger partial charge in [0.05, 0.1) is 22.5 Å². The maximum Gasteiger partial charge on any atom is 0.305 e. The van der Waals surface area contributed by atoms with Crippen molar-refractivity contribution in [3.63, 3.8) is 0 Å². The van der Waals surface area contributed by atoms with Crippen LogP contribution in [0, 0.1) is 36.5 Å². The maximum absolute atomic E-state index is 14.0. The number of imide groups is 1. The molecule has 4 aromatic rings. The van der Waals surface area contributed by atoms with Gasteiger partial charge in [-0.2, -0.15) is 0 Å². The number of aromatic nitrogens is 1. The summed E-state index contributed by atoms with van der Waals surface area (Å²) in [5, 5.41) is 3.79. The highest BCUT2D eigenvalue weighted by molar-refractivity contribution is 8.00. The van der Waals surface area contributed by atoms with Gasteiger partial charge in [-0.3, -0.25) is 24.1 Å². The molecule has 7 atom stereocenters. The monoisotopic (exact) mass is 623 g/mol. The number of carbonyl (C=O) groups excluding carboxylic acids is 3. The van der Waals surface area contributed by atoms with E-state index in [4.69, 9.17) is 4.74 Å². The number of benzene rings is 3. The molecular formula is C34H29N3O5S2. The van der Waals surface area contributed by atoms with Crippen LogP contribution in [0.15, 0.2) is 88.7 Å². The molecular weight excluding hydrogens is 595 g/mol. The molecule has 2 aliphatic carbocycles. The number of carbonyl (C=O) groups is 3. The molecule has 0 unspecified atom stereocenters. The van der Waals surface area contributed by atoms with Crippen LogP contribution in [-0.4, -0.2) is 34.6 Å². The van der Waals surface area contributed by atoms with Crippen molar-refractivity contribution in [2.45, 2.75) is 29.5 Å². The Labute approximate surface area is 261 Å². The molecule has 44 heavy (non-hydrogen) atoms. The number of hydrogen-bond donors (Lipinski definition) is 2. The van der Waals surface area contributed by atoms with E-state index in [0.717, 1.165) is 27.5 Å². The van der Waals surface area contributed by atoms with Crippen LogP contribution >= 0.6 is 23.1 Å². The van der Waals surface area contributed by atoms with Crippen molar-refractivity contribution in [2.75, 3.05) is 16.8 Å². The van der Waals surface area contributed by atoms with Crippen molar-refractivity contribution in [1.29, 1.82) is 0 Å². The van der Waals surface area contributed by atoms with Gasteiger partial charge in [0.2, 0.25) is 11.8 Å². The lowest BCUT2D eigenvalue weighted by molar-refractivity contribution is -0.123. The molecule has 8 rings (SSSR count). The minimum Gasteiger partial charge on any atom is -0.484 e. The summed E-state index contributed by atoms with van der Waals surface area (Å²) in [6.45, 7) is 1.84. The Morgan fingerprint density at radius 3 is 2.48 bits per heavy atom. The van der Waals surface area contributed by atoms with E-state index in [0.29, 0.717) is 17.1 Å². The molecule has 2 aliphatic heterocycles. The highest BCUT2D eigenvalue weighted by Gasteiger charge is 2.69. The normalized spacial score (nSPS) is 28.0. The van der Waals surface area contributed by atoms with Gasteiger partial charge in [0.15, 0.2) is 6.61 Å². The Morgan fingerprint density at radius 1 is 0.955 bits per heavy atom. The molecule has 0 spiro atoms. The summed E-state index contributed by atoms with van der Waals surface area (Å²) < 4.78 is 5.92. The first-order chi connectivity index (χ1) is 21.4. The molecule has 222 valence electrons. The van der Waals surface area contributed by atoms with E-state index in [1.165, 1.54) is 16.2 Å². The van der Waals surface area contributed by atoms with Gasteiger partial charge in [-0.15, -0.1) is 11.8 Å². The number of nitrogens with one attached hydrogen (secondary N) is 2. The van der Waals surface area contributed by atoms with E-state index < -0.39 is 0 Å². The number of aromatic amines is 1. The molecule has 10 heteroatoms. The number of fused-ring (bicyclic) bond motifs is 9. The van der Waals surface area contributed by atoms with Crippen LogP contribution in [0.3, 0.4) is 0 Å². The molecule has 2 saturated carbocycles. The van der Waals surface area contributed by atoms with E-state index in [9.17, 15) is 19.2 Å². The fourth-order valence-electron chi connectivity index (χ4n) is 8.00. The minimum absolute atomic E-state index is 0.0194. The third-order valence-corrected chi connectivity index (χ3v) is 12.2. The van der Waals surface area contributed by atoms with E-state index in [-0.39, 0.29) is 70.0 Å². The van der Waals surface area contributed by atoms with E-state index in [2.05, 4.69) is 10.3 Å². The van der Waals surface area contributed by atoms with Crippen molar-refractivity contribution in [1.82, 2.24) is 4.98 Å². The van der Waals surface area contributed by atoms with Crippen LogP contribution in [-0.2, 0) is 14.4 Å². The highest BCUT2D eigenvalue weighted by atomic mass is 32.2. The highest BCUT2D eigenvalue weighted by Crippen LogP contribution is 2.68. The van der Waals surface area contributed by atoms with Gasteiger partial charge in [0.1, 0.15) is 5.75 Å². The second-order valence-electron chi connectivity index (χ2n) is 12.1. The van der Waals surface area contributed by atoms with Crippen LogP contribution in [0.1, 0.15) is 28.3 Å². The number of thiazole rings is 1. The molecule has 0 radical (unpaired) electrons. The molecule has 3 heterocycles. The Hall–Kier alpha value is -4.15. The molecule has 1 aromatic heterocycles. The summed E-state index contributed by atoms with van der Waals surface area (Å²) in [7, 11) is 0. The van der Waals surface area contributed by atoms with Gasteiger partial charge in [-0.25, -0.2) is 0 Å². The molecule has 2 bridgehead atoms. The fourth-order valence-corrected chi connectivity index (χ4v) is 10.9. The number of aryl methyl sites for hydroxylation is 1. The quantitative estimate of drug-likeness (QED) is 0.277. The second kappa shape index (κ2) is 10.5. The lowest BCUT2D eigenvalue weighted by Crippen LogP contribution is -2.42. The number of ether oxygens (including phenoxy) is 1. The average Bonchev–Trinajstić information content (AvgIpc) is 3.76. The summed E-state index contributed by atoms with van der Waals surface area (Å²) in [4.78, 5) is 58.3. The lowest BCUT2D eigenvalue weighted by Gasteiger charge is -2.43. The van der Waals surface area contributed by atoms with Gasteiger partial charge >= 0.3 is 4.87 Å². The van der Waals surface area contributed by atoms with Crippen LogP contribution < -0.4 is 19.8 Å². The Morgan fingerprint density at radius 2 is 1.70 bits per heavy atom. The minimum atomic E-state index is -0.364. The van der Waals surface area contributed by atoms with Gasteiger partial charge in [-0.1, -0.05) is 59.4 Å². The molecule has 2 N–H and O–H groups in total. The largest absolute Gasteiger partial charge is 0.484 e. The van der Waals surface area contributed by atoms with Crippen molar-refractivity contribution in [3.8, 4) is 5.75 Å². The van der Waals surface area contributed by atoms with E-state index in [1.807, 2.05) is 85.8 Å². The van der Waals surface area contributed by atoms with Crippen molar-refractivity contribution < 1.29 is 19.1 Å². The maximum atomic E-state index is 14.0. The number of nitrogens with zero attached hydrogens (tertiary/aromatic N) is 1. The van der Waals surface area contributed by atoms with Gasteiger partial charge in [0, 0.05) is 21.7 Å². The molecule has 3 fully saturated rings. The lowest BCUT2D eigenvalue weighted by atomic mass is 9.68. The Balaban J connectivity index is 1.10. The topological polar surface area (TPSA) is 109 Å². The fraction of sp³-hybridized carbons (Fsp3) is 0.294. The third kappa shape index (κ3) is 4.34. The summed E-state index contributed by atoms with van der Waals surface area (Å²) in [5.74, 6) is -0.589. The summed E-state index contributed by atoms with van der Waals surface area (Å²) in [6, 6.07) is 24.5. The average molecular weight is 624 g/mol. The third-order valence-electron chi connectivity index (χ3n) is 9.66. The number of hydrogen-bond acceptors (Lipinski definition) is 7. The predicted octanol–water partition coefficient (Wildman–Crippen LogP) is 5.44. The number of rotatable bonds is 6. The van der Waals surface area contributed by atoms with Crippen LogP contribution in [0.2, 0.25) is 0 Å². The van der Waals surface area contributed by atoms with Crippen LogP contribution in [0.25, 0.3) is 0 Å². The van der Waals surface area contributed by atoms with Crippen LogP contribution in [0.4, 0.5) is 11.4 Å². The predicted molar refractivity (Wildman–Crippen MR) is 169 cm³/mol. The molecule has 8 nitrogen and oxygen atoms in total. The Kier molecular flexibility index (Phi) is 6.53. The Bertz CT molecular complexity index is 1850. The van der Waals surface area contributed by atoms with Crippen molar-refractivity contribution in [2.24, 2.45) is 29.6 Å². The van der Waals surface area contributed by atoms with Crippen molar-refractivity contribution in [3.05, 3.63) is 105 Å².